The van der Waals surface area contributed by atoms with Crippen LogP contribution in [0.2, 0.25) is 0 Å². The van der Waals surface area contributed by atoms with Crippen molar-refractivity contribution >= 4 is 10.3 Å². The Morgan fingerprint density at radius 3 is 1.69 bits per heavy atom. The van der Waals surface area contributed by atoms with Crippen LogP contribution in [0.1, 0.15) is 0 Å². The van der Waals surface area contributed by atoms with Gasteiger partial charge in [-0.3, -0.25) is 0 Å². The third-order valence-electron chi connectivity index (χ3n) is 3.21. The molecule has 76 valence electrons. The molecule has 3 saturated heterocycles. The van der Waals surface area contributed by atoms with Crippen LogP contribution >= 0.6 is 0 Å². The molecule has 0 aromatic carbocycles. The summed E-state index contributed by atoms with van der Waals surface area (Å²) in [4.78, 5) is 0. The Morgan fingerprint density at radius 2 is 1.38 bits per heavy atom. The molecule has 0 aromatic heterocycles. The molecular weight excluding hydrogens is 199 g/mol. The van der Waals surface area contributed by atoms with Crippen molar-refractivity contribution in [3.63, 3.8) is 0 Å². The van der Waals surface area contributed by atoms with Crippen LogP contribution in [0.25, 0.3) is 0 Å². The summed E-state index contributed by atoms with van der Waals surface area (Å²) in [6.45, 7) is 1.15. The van der Waals surface area contributed by atoms with E-state index < -0.39 is 15.0 Å². The van der Waals surface area contributed by atoms with Crippen molar-refractivity contribution < 1.29 is 26.0 Å². The van der Waals surface area contributed by atoms with Gasteiger partial charge in [-0.25, -0.2) is 4.55 Å². The molecule has 3 heterocycles. The van der Waals surface area contributed by atoms with E-state index in [4.69, 9.17) is 4.55 Å². The highest BCUT2D eigenvalue weighted by molar-refractivity contribution is 7.80. The van der Waals surface area contributed by atoms with Gasteiger partial charge < -0.3 is 0 Å². The normalized spacial score (nSPS) is 45.1. The lowest BCUT2D eigenvalue weighted by molar-refractivity contribution is -1.12. The summed E-state index contributed by atoms with van der Waals surface area (Å²) in [7, 11) is -4.07. The average molecular weight is 212 g/mol. The third kappa shape index (κ3) is 1.26. The fourth-order valence-corrected chi connectivity index (χ4v) is 3.04. The monoisotopic (exact) mass is 212 g/mol. The zero-order chi connectivity index (χ0) is 9.74. The second-order valence-electron chi connectivity index (χ2n) is 3.88. The first-order valence-corrected chi connectivity index (χ1v) is 5.66. The van der Waals surface area contributed by atoms with Crippen molar-refractivity contribution in [1.82, 2.24) is 0 Å². The van der Waals surface area contributed by atoms with Gasteiger partial charge >= 0.3 is 10.3 Å². The van der Waals surface area contributed by atoms with E-state index in [1.807, 2.05) is 0 Å². The molecule has 2 bridgehead atoms. The second kappa shape index (κ2) is 2.41. The van der Waals surface area contributed by atoms with Gasteiger partial charge in [0.1, 0.15) is 19.6 Å². The highest BCUT2D eigenvalue weighted by Crippen LogP contribution is 2.29. The van der Waals surface area contributed by atoms with E-state index in [2.05, 4.69) is 0 Å². The molecule has 0 aliphatic carbocycles. The Balaban J connectivity index is 2.31. The lowest BCUT2D eigenvalue weighted by Crippen LogP contribution is -2.73. The number of rotatable bonds is 1. The molecule has 0 amide bonds. The molecule has 3 fully saturated rings. The van der Waals surface area contributed by atoms with Crippen molar-refractivity contribution in [2.45, 2.75) is 0 Å². The van der Waals surface area contributed by atoms with Crippen LogP contribution in [0.3, 0.4) is 0 Å². The van der Waals surface area contributed by atoms with Gasteiger partial charge in [0.25, 0.3) is 0 Å². The molecule has 0 radical (unpaired) electrons. The van der Waals surface area contributed by atoms with Crippen LogP contribution in [0, 0.1) is 0 Å². The summed E-state index contributed by atoms with van der Waals surface area (Å²) in [6, 6.07) is 0. The summed E-state index contributed by atoms with van der Waals surface area (Å²) >= 11 is 0. The smallest absolute Gasteiger partial charge is 0.241 e. The van der Waals surface area contributed by atoms with Gasteiger partial charge in [-0.2, -0.15) is 3.89 Å². The Bertz CT molecular complexity index is 304. The fraction of sp³-hybridized carbons (Fsp3) is 1.00. The van der Waals surface area contributed by atoms with Crippen LogP contribution in [-0.2, 0) is 10.3 Å². The zero-order valence-electron chi connectivity index (χ0n) is 7.19. The van der Waals surface area contributed by atoms with E-state index in [0.29, 0.717) is 0 Å². The van der Waals surface area contributed by atoms with Gasteiger partial charge in [0, 0.05) is 0 Å². The predicted molar refractivity (Wildman–Crippen MR) is 42.4 cm³/mol. The summed E-state index contributed by atoms with van der Waals surface area (Å²) in [5.41, 5.74) is 0. The molecule has 0 atom stereocenters. The zero-order valence-corrected chi connectivity index (χ0v) is 8.00. The van der Waals surface area contributed by atoms with Gasteiger partial charge in [0.15, 0.2) is 19.6 Å². The summed E-state index contributed by atoms with van der Waals surface area (Å²) in [5.74, 6) is 0. The Kier molecular flexibility index (Phi) is 1.73. The van der Waals surface area contributed by atoms with Crippen molar-refractivity contribution in [1.29, 1.82) is 0 Å². The minimum absolute atomic E-state index is 0.190. The van der Waals surface area contributed by atoms with E-state index in [-0.39, 0.29) is 43.2 Å². The van der Waals surface area contributed by atoms with E-state index in [1.165, 1.54) is 0 Å². The van der Waals surface area contributed by atoms with Gasteiger partial charge in [0.2, 0.25) is 0 Å². The van der Waals surface area contributed by atoms with E-state index in [9.17, 15) is 12.9 Å². The van der Waals surface area contributed by atoms with Crippen LogP contribution in [0.4, 0.5) is 4.48 Å². The van der Waals surface area contributed by atoms with E-state index in [1.54, 1.807) is 0 Å². The highest BCUT2D eigenvalue weighted by Gasteiger charge is 2.57. The van der Waals surface area contributed by atoms with Gasteiger partial charge in [0.05, 0.1) is 0 Å². The molecule has 7 heteroatoms. The summed E-state index contributed by atoms with van der Waals surface area (Å²) in [5, 5.41) is 0. The first-order valence-electron chi connectivity index (χ1n) is 4.26. The molecule has 13 heavy (non-hydrogen) atoms. The quantitative estimate of drug-likeness (QED) is 0.356. The minimum atomic E-state index is -4.07. The second-order valence-corrected chi connectivity index (χ2v) is 5.55. The van der Waals surface area contributed by atoms with Gasteiger partial charge in [-0.1, -0.05) is 0 Å². The molecule has 0 unspecified atom stereocenters. The fourth-order valence-electron chi connectivity index (χ4n) is 2.10. The van der Waals surface area contributed by atoms with Crippen LogP contribution in [0.5, 0.6) is 0 Å². The molecule has 5 nitrogen and oxygen atoms in total. The number of hydrogen-bond acceptors (Lipinski definition) is 2. The van der Waals surface area contributed by atoms with Crippen molar-refractivity contribution in [3.05, 3.63) is 0 Å². The lowest BCUT2D eigenvalue weighted by Gasteiger charge is -2.46. The van der Waals surface area contributed by atoms with Crippen LogP contribution in [0.15, 0.2) is 0 Å². The summed E-state index contributed by atoms with van der Waals surface area (Å²) < 4.78 is 43.8. The molecule has 0 aromatic rings. The first kappa shape index (κ1) is 9.32. The van der Waals surface area contributed by atoms with Crippen molar-refractivity contribution in [2.24, 2.45) is 0 Å². The number of piperazine rings is 3. The predicted octanol–water partition coefficient (Wildman–Crippen LogP) is -0.666. The van der Waals surface area contributed by atoms with Gasteiger partial charge in [-0.05, 0) is 4.48 Å². The van der Waals surface area contributed by atoms with Gasteiger partial charge in [-0.15, -0.1) is 13.1 Å². The molecule has 3 aliphatic rings. The third-order valence-corrected chi connectivity index (χ3v) is 4.74. The maximum Gasteiger partial charge on any atom is 0.433 e. The van der Waals surface area contributed by atoms with Crippen LogP contribution in [-0.4, -0.2) is 60.8 Å². The highest BCUT2D eigenvalue weighted by atomic mass is 32.2. The van der Waals surface area contributed by atoms with E-state index >= 15 is 0 Å². The Morgan fingerprint density at radius 1 is 1.00 bits per heavy atom. The molecule has 0 saturated carbocycles. The minimum Gasteiger partial charge on any atom is -0.241 e. The number of halogens is 1. The Labute approximate surface area is 76.4 Å². The number of nitrogens with zero attached hydrogens (tertiary/aromatic N) is 2. The van der Waals surface area contributed by atoms with E-state index in [0.717, 1.165) is 0 Å². The average Bonchev–Trinajstić information content (AvgIpc) is 2.04. The molecule has 0 spiro atoms. The largest absolute Gasteiger partial charge is 0.433 e. The molecule has 1 N–H and O–H groups in total. The standard InChI is InChI=1S/C6H12FN2O3S/c7-8-1-4-9(5-2-8,6-3-8)13(10,11)12/h1-6H2/q+1/p+1. The SMILES string of the molecule is O=S(=O)(O)[N+]12CC[N+](F)(CC1)CC2. The molecule has 3 aliphatic heterocycles. The molecular formula is C6H13FN2O3S+2. The Hall–Kier alpha value is -0.240. The topological polar surface area (TPSA) is 54.4 Å². The maximum atomic E-state index is 13.5. The molecule has 3 rings (SSSR count). The summed E-state index contributed by atoms with van der Waals surface area (Å²) in [6.07, 6.45) is 0. The number of quaternary nitrogens is 2. The number of hydrogen-bond donors (Lipinski definition) is 1. The first-order chi connectivity index (χ1) is 5.87. The van der Waals surface area contributed by atoms with Crippen LogP contribution < -0.4 is 0 Å². The van der Waals surface area contributed by atoms with Crippen molar-refractivity contribution in [3.8, 4) is 0 Å². The van der Waals surface area contributed by atoms with Crippen molar-refractivity contribution in [2.75, 3.05) is 39.3 Å². The maximum absolute atomic E-state index is 13.5. The number of fused-ring (bicyclic) bond motifs is 3. The lowest BCUT2D eigenvalue weighted by atomic mass is 10.2.